The van der Waals surface area contributed by atoms with E-state index in [1.807, 2.05) is 25.1 Å². The zero-order chi connectivity index (χ0) is 19.4. The van der Waals surface area contributed by atoms with Crippen molar-refractivity contribution in [3.63, 3.8) is 0 Å². The smallest absolute Gasteiger partial charge is 0.317 e. The second-order valence-electron chi connectivity index (χ2n) is 6.40. The standard InChI is InChI=1S/C20H23FN2O4/c1-13(15-5-7-18-19(11-15)27-9-8-26-18)22-20(24)23(2)12-14-4-6-17(25-3)16(21)10-14/h4-7,10-11,13H,8-9,12H2,1-3H3,(H,22,24). The number of fused-ring (bicyclic) bond motifs is 1. The highest BCUT2D eigenvalue weighted by atomic mass is 19.1. The lowest BCUT2D eigenvalue weighted by atomic mass is 10.1. The quantitative estimate of drug-likeness (QED) is 0.870. The minimum atomic E-state index is -0.451. The van der Waals surface area contributed by atoms with Crippen molar-refractivity contribution in [3.05, 3.63) is 53.3 Å². The highest BCUT2D eigenvalue weighted by molar-refractivity contribution is 5.74. The molecule has 0 saturated heterocycles. The number of urea groups is 1. The summed E-state index contributed by atoms with van der Waals surface area (Å²) in [5, 5.41) is 2.93. The van der Waals surface area contributed by atoms with Crippen LogP contribution in [0.2, 0.25) is 0 Å². The number of carbonyl (C=O) groups is 1. The Labute approximate surface area is 157 Å². The molecule has 1 heterocycles. The van der Waals surface area contributed by atoms with Crippen LogP contribution in [-0.2, 0) is 6.54 Å². The molecule has 2 aromatic carbocycles. The molecule has 0 aliphatic carbocycles. The number of carbonyl (C=O) groups excluding carboxylic acids is 1. The van der Waals surface area contributed by atoms with Gasteiger partial charge in [0.05, 0.1) is 13.2 Å². The molecular formula is C20H23FN2O4. The number of nitrogens with one attached hydrogen (secondary N) is 1. The monoisotopic (exact) mass is 374 g/mol. The van der Waals surface area contributed by atoms with Crippen molar-refractivity contribution < 1.29 is 23.4 Å². The van der Waals surface area contributed by atoms with Gasteiger partial charge in [-0.25, -0.2) is 9.18 Å². The average molecular weight is 374 g/mol. The summed E-state index contributed by atoms with van der Waals surface area (Å²) >= 11 is 0. The van der Waals surface area contributed by atoms with Crippen LogP contribution < -0.4 is 19.5 Å². The van der Waals surface area contributed by atoms with Gasteiger partial charge in [-0.1, -0.05) is 12.1 Å². The molecule has 0 fully saturated rings. The summed E-state index contributed by atoms with van der Waals surface area (Å²) in [6.07, 6.45) is 0. The topological polar surface area (TPSA) is 60.0 Å². The van der Waals surface area contributed by atoms with E-state index in [4.69, 9.17) is 14.2 Å². The third-order valence-corrected chi connectivity index (χ3v) is 4.39. The lowest BCUT2D eigenvalue weighted by Gasteiger charge is -2.23. The van der Waals surface area contributed by atoms with Crippen molar-refractivity contribution in [3.8, 4) is 17.2 Å². The number of amides is 2. The number of benzene rings is 2. The van der Waals surface area contributed by atoms with Gasteiger partial charge in [0.1, 0.15) is 13.2 Å². The van der Waals surface area contributed by atoms with Gasteiger partial charge in [0.15, 0.2) is 23.1 Å². The van der Waals surface area contributed by atoms with Crippen molar-refractivity contribution in [2.75, 3.05) is 27.4 Å². The summed E-state index contributed by atoms with van der Waals surface area (Å²) in [6, 6.07) is 9.79. The van der Waals surface area contributed by atoms with Gasteiger partial charge in [-0.2, -0.15) is 0 Å². The minimum absolute atomic E-state index is 0.179. The molecule has 0 aromatic heterocycles. The minimum Gasteiger partial charge on any atom is -0.494 e. The van der Waals surface area contributed by atoms with E-state index >= 15 is 0 Å². The number of ether oxygens (including phenoxy) is 3. The van der Waals surface area contributed by atoms with Gasteiger partial charge in [-0.05, 0) is 42.3 Å². The van der Waals surface area contributed by atoms with Crippen molar-refractivity contribution in [1.29, 1.82) is 0 Å². The predicted molar refractivity (Wildman–Crippen MR) is 98.8 cm³/mol. The van der Waals surface area contributed by atoms with Gasteiger partial charge in [0.2, 0.25) is 0 Å². The summed E-state index contributed by atoms with van der Waals surface area (Å²) in [4.78, 5) is 14.0. The van der Waals surface area contributed by atoms with Crippen LogP contribution in [0.25, 0.3) is 0 Å². The Kier molecular flexibility index (Phi) is 5.69. The van der Waals surface area contributed by atoms with Crippen molar-refractivity contribution in [1.82, 2.24) is 10.2 Å². The maximum absolute atomic E-state index is 13.8. The van der Waals surface area contributed by atoms with Crippen molar-refractivity contribution in [2.45, 2.75) is 19.5 Å². The zero-order valence-electron chi connectivity index (χ0n) is 15.6. The van der Waals surface area contributed by atoms with E-state index in [1.165, 1.54) is 18.1 Å². The fourth-order valence-electron chi connectivity index (χ4n) is 2.86. The SMILES string of the molecule is COc1ccc(CN(C)C(=O)NC(C)c2ccc3c(c2)OCCO3)cc1F. The number of hydrogen-bond donors (Lipinski definition) is 1. The number of nitrogens with zero attached hydrogens (tertiary/aromatic N) is 1. The highest BCUT2D eigenvalue weighted by Crippen LogP contribution is 2.32. The van der Waals surface area contributed by atoms with Crippen molar-refractivity contribution in [2.24, 2.45) is 0 Å². The zero-order valence-corrected chi connectivity index (χ0v) is 15.6. The maximum Gasteiger partial charge on any atom is 0.317 e. The molecule has 1 aliphatic rings. The Morgan fingerprint density at radius 3 is 2.67 bits per heavy atom. The van der Waals surface area contributed by atoms with Crippen LogP contribution in [0.15, 0.2) is 36.4 Å². The van der Waals surface area contributed by atoms with Crippen LogP contribution in [0.4, 0.5) is 9.18 Å². The summed E-state index contributed by atoms with van der Waals surface area (Å²) in [5.41, 5.74) is 1.59. The second-order valence-corrected chi connectivity index (χ2v) is 6.40. The molecule has 1 N–H and O–H groups in total. The Bertz CT molecular complexity index is 828. The molecule has 27 heavy (non-hydrogen) atoms. The van der Waals surface area contributed by atoms with E-state index in [0.29, 0.717) is 30.3 Å². The molecule has 2 amide bonds. The third-order valence-electron chi connectivity index (χ3n) is 4.39. The van der Waals surface area contributed by atoms with E-state index < -0.39 is 5.82 Å². The van der Waals surface area contributed by atoms with Crippen LogP contribution in [0.1, 0.15) is 24.1 Å². The molecule has 6 nitrogen and oxygen atoms in total. The summed E-state index contributed by atoms with van der Waals surface area (Å²) < 4.78 is 29.8. The van der Waals surface area contributed by atoms with Crippen LogP contribution in [0.5, 0.6) is 17.2 Å². The van der Waals surface area contributed by atoms with Crippen LogP contribution >= 0.6 is 0 Å². The molecule has 0 radical (unpaired) electrons. The molecule has 1 atom stereocenters. The summed E-state index contributed by atoms with van der Waals surface area (Å²) in [6.45, 7) is 3.22. The first kappa shape index (κ1) is 18.8. The average Bonchev–Trinajstić information content (AvgIpc) is 2.67. The van der Waals surface area contributed by atoms with Gasteiger partial charge in [0.25, 0.3) is 0 Å². The molecule has 0 bridgehead atoms. The number of rotatable bonds is 5. The highest BCUT2D eigenvalue weighted by Gasteiger charge is 2.18. The van der Waals surface area contributed by atoms with E-state index in [1.54, 1.807) is 19.2 Å². The Balaban J connectivity index is 1.61. The largest absolute Gasteiger partial charge is 0.494 e. The van der Waals surface area contributed by atoms with E-state index in [-0.39, 0.29) is 24.4 Å². The van der Waals surface area contributed by atoms with Gasteiger partial charge in [0, 0.05) is 13.6 Å². The first-order chi connectivity index (χ1) is 13.0. The molecule has 0 spiro atoms. The normalized spacial score (nSPS) is 13.6. The number of halogens is 1. The van der Waals surface area contributed by atoms with Gasteiger partial charge in [-0.15, -0.1) is 0 Å². The molecule has 0 saturated carbocycles. The molecule has 3 rings (SSSR count). The molecule has 1 aliphatic heterocycles. The van der Waals surface area contributed by atoms with Crippen LogP contribution in [0.3, 0.4) is 0 Å². The third kappa shape index (κ3) is 4.42. The molecule has 2 aromatic rings. The van der Waals surface area contributed by atoms with E-state index in [0.717, 1.165) is 5.56 Å². The molecular weight excluding hydrogens is 351 g/mol. The van der Waals surface area contributed by atoms with E-state index in [9.17, 15) is 9.18 Å². The van der Waals surface area contributed by atoms with Gasteiger partial charge < -0.3 is 24.4 Å². The molecule has 7 heteroatoms. The fraction of sp³-hybridized carbons (Fsp3) is 0.350. The Morgan fingerprint density at radius 2 is 1.96 bits per heavy atom. The van der Waals surface area contributed by atoms with Crippen LogP contribution in [0, 0.1) is 5.82 Å². The lowest BCUT2D eigenvalue weighted by Crippen LogP contribution is -2.38. The molecule has 144 valence electrons. The lowest BCUT2D eigenvalue weighted by molar-refractivity contribution is 0.171. The molecule has 1 unspecified atom stereocenters. The van der Waals surface area contributed by atoms with Gasteiger partial charge >= 0.3 is 6.03 Å². The second kappa shape index (κ2) is 8.16. The maximum atomic E-state index is 13.8. The predicted octanol–water partition coefficient (Wildman–Crippen LogP) is 3.51. The summed E-state index contributed by atoms with van der Waals surface area (Å²) in [5.74, 6) is 1.12. The first-order valence-electron chi connectivity index (χ1n) is 8.71. The number of hydrogen-bond acceptors (Lipinski definition) is 4. The van der Waals surface area contributed by atoms with Crippen molar-refractivity contribution >= 4 is 6.03 Å². The van der Waals surface area contributed by atoms with Gasteiger partial charge in [-0.3, -0.25) is 0 Å². The Hall–Kier alpha value is -2.96. The number of methoxy groups -OCH3 is 1. The fourth-order valence-corrected chi connectivity index (χ4v) is 2.86. The van der Waals surface area contributed by atoms with Crippen LogP contribution in [-0.4, -0.2) is 38.3 Å². The summed E-state index contributed by atoms with van der Waals surface area (Å²) in [7, 11) is 3.07. The Morgan fingerprint density at radius 1 is 1.22 bits per heavy atom. The van der Waals surface area contributed by atoms with E-state index in [2.05, 4.69) is 5.32 Å². The first-order valence-corrected chi connectivity index (χ1v) is 8.71.